The van der Waals surface area contributed by atoms with E-state index < -0.39 is 0 Å². The Labute approximate surface area is 153 Å². The summed E-state index contributed by atoms with van der Waals surface area (Å²) in [5.41, 5.74) is 1.84. The molecule has 0 spiro atoms. The smallest absolute Gasteiger partial charge is 0.254 e. The average Bonchev–Trinajstić information content (AvgIpc) is 3.13. The molecule has 2 heterocycles. The predicted octanol–water partition coefficient (Wildman–Crippen LogP) is 2.52. The topological polar surface area (TPSA) is 71.7 Å². The molecule has 0 unspecified atom stereocenters. The Hall–Kier alpha value is -2.41. The number of hydrogen-bond donors (Lipinski definition) is 0. The summed E-state index contributed by atoms with van der Waals surface area (Å²) in [4.78, 5) is 20.9. The van der Waals surface area contributed by atoms with Crippen LogP contribution < -0.4 is 4.90 Å². The molecule has 0 N–H and O–H groups in total. The zero-order valence-electron chi connectivity index (χ0n) is 15.5. The standard InChI is InChI=1S/C19H26N4O3/c1-22(14-18-20-17(21-26-18)10-13-25-2)19(24)15-6-8-16(9-7-15)23-11-4-3-5-12-23/h6-9H,3-5,10-14H2,1-2H3. The molecule has 1 aromatic heterocycles. The monoisotopic (exact) mass is 358 g/mol. The molecule has 0 atom stereocenters. The third-order valence-electron chi connectivity index (χ3n) is 4.59. The summed E-state index contributed by atoms with van der Waals surface area (Å²) >= 11 is 0. The van der Waals surface area contributed by atoms with E-state index in [0.717, 1.165) is 13.1 Å². The lowest BCUT2D eigenvalue weighted by Crippen LogP contribution is -2.29. The third kappa shape index (κ3) is 4.60. The SMILES string of the molecule is COCCc1noc(CN(C)C(=O)c2ccc(N3CCCCC3)cc2)n1. The van der Waals surface area contributed by atoms with Gasteiger partial charge in [0.2, 0.25) is 5.89 Å². The first kappa shape index (κ1) is 18.4. The van der Waals surface area contributed by atoms with E-state index in [4.69, 9.17) is 9.26 Å². The minimum atomic E-state index is -0.0631. The maximum Gasteiger partial charge on any atom is 0.254 e. The van der Waals surface area contributed by atoms with E-state index in [1.54, 1.807) is 19.1 Å². The van der Waals surface area contributed by atoms with Crippen molar-refractivity contribution < 1.29 is 14.1 Å². The molecule has 0 saturated carbocycles. The van der Waals surface area contributed by atoms with Gasteiger partial charge in [-0.05, 0) is 43.5 Å². The summed E-state index contributed by atoms with van der Waals surface area (Å²) in [7, 11) is 3.36. The molecule has 1 fully saturated rings. The molecule has 1 aliphatic rings. The largest absolute Gasteiger partial charge is 0.384 e. The molecule has 7 heteroatoms. The second-order valence-corrected chi connectivity index (χ2v) is 6.60. The van der Waals surface area contributed by atoms with Crippen molar-refractivity contribution in [3.05, 3.63) is 41.5 Å². The van der Waals surface area contributed by atoms with Gasteiger partial charge in [0.15, 0.2) is 5.82 Å². The van der Waals surface area contributed by atoms with E-state index in [1.165, 1.54) is 24.9 Å². The van der Waals surface area contributed by atoms with Crippen LogP contribution in [0.1, 0.15) is 41.3 Å². The van der Waals surface area contributed by atoms with Gasteiger partial charge in [0.25, 0.3) is 5.91 Å². The first-order valence-corrected chi connectivity index (χ1v) is 9.08. The van der Waals surface area contributed by atoms with Crippen molar-refractivity contribution in [2.75, 3.05) is 38.8 Å². The van der Waals surface area contributed by atoms with Crippen molar-refractivity contribution in [2.45, 2.75) is 32.2 Å². The fourth-order valence-corrected chi connectivity index (χ4v) is 3.11. The first-order valence-electron chi connectivity index (χ1n) is 9.08. The summed E-state index contributed by atoms with van der Waals surface area (Å²) in [5, 5.41) is 3.89. The van der Waals surface area contributed by atoms with E-state index in [1.807, 2.05) is 24.3 Å². The zero-order valence-corrected chi connectivity index (χ0v) is 15.5. The molecule has 3 rings (SSSR count). The van der Waals surface area contributed by atoms with Crippen LogP contribution in [0, 0.1) is 0 Å². The Bertz CT molecular complexity index is 708. The number of nitrogens with zero attached hydrogens (tertiary/aromatic N) is 4. The quantitative estimate of drug-likeness (QED) is 0.757. The summed E-state index contributed by atoms with van der Waals surface area (Å²) in [6, 6.07) is 7.84. The molecule has 26 heavy (non-hydrogen) atoms. The van der Waals surface area contributed by atoms with Gasteiger partial charge in [-0.2, -0.15) is 4.98 Å². The van der Waals surface area contributed by atoms with Crippen LogP contribution in [0.2, 0.25) is 0 Å². The first-order chi connectivity index (χ1) is 12.7. The molecule has 0 radical (unpaired) electrons. The highest BCUT2D eigenvalue weighted by atomic mass is 16.5. The van der Waals surface area contributed by atoms with Gasteiger partial charge in [-0.1, -0.05) is 5.16 Å². The molecular formula is C19H26N4O3. The van der Waals surface area contributed by atoms with Crippen LogP contribution in [-0.2, 0) is 17.7 Å². The number of carbonyl (C=O) groups is 1. The van der Waals surface area contributed by atoms with Gasteiger partial charge in [-0.15, -0.1) is 0 Å². The van der Waals surface area contributed by atoms with Gasteiger partial charge in [0.05, 0.1) is 13.2 Å². The molecule has 1 amide bonds. The molecule has 1 saturated heterocycles. The van der Waals surface area contributed by atoms with Gasteiger partial charge in [-0.25, -0.2) is 0 Å². The maximum absolute atomic E-state index is 12.6. The minimum Gasteiger partial charge on any atom is -0.384 e. The van der Waals surface area contributed by atoms with E-state index >= 15 is 0 Å². The van der Waals surface area contributed by atoms with Crippen molar-refractivity contribution in [1.82, 2.24) is 15.0 Å². The highest BCUT2D eigenvalue weighted by Crippen LogP contribution is 2.20. The highest BCUT2D eigenvalue weighted by molar-refractivity contribution is 5.94. The Morgan fingerprint density at radius 1 is 1.23 bits per heavy atom. The molecule has 0 bridgehead atoms. The van der Waals surface area contributed by atoms with Crippen LogP contribution in [-0.4, -0.2) is 54.8 Å². The van der Waals surface area contributed by atoms with Crippen molar-refractivity contribution in [3.8, 4) is 0 Å². The Balaban J connectivity index is 1.58. The fourth-order valence-electron chi connectivity index (χ4n) is 3.11. The van der Waals surface area contributed by atoms with Crippen LogP contribution in [0.25, 0.3) is 0 Å². The van der Waals surface area contributed by atoms with Crippen molar-refractivity contribution in [2.24, 2.45) is 0 Å². The number of methoxy groups -OCH3 is 1. The number of carbonyl (C=O) groups excluding carboxylic acids is 1. The number of amides is 1. The molecular weight excluding hydrogens is 332 g/mol. The van der Waals surface area contributed by atoms with Crippen LogP contribution in [0.3, 0.4) is 0 Å². The van der Waals surface area contributed by atoms with Crippen molar-refractivity contribution >= 4 is 11.6 Å². The number of hydrogen-bond acceptors (Lipinski definition) is 6. The van der Waals surface area contributed by atoms with Crippen LogP contribution in [0.5, 0.6) is 0 Å². The minimum absolute atomic E-state index is 0.0631. The number of piperidine rings is 1. The van der Waals surface area contributed by atoms with E-state index in [-0.39, 0.29) is 12.5 Å². The lowest BCUT2D eigenvalue weighted by molar-refractivity contribution is 0.0769. The zero-order chi connectivity index (χ0) is 18.4. The molecule has 1 aromatic carbocycles. The Kier molecular flexibility index (Phi) is 6.22. The Morgan fingerprint density at radius 3 is 2.65 bits per heavy atom. The van der Waals surface area contributed by atoms with Gasteiger partial charge in [0.1, 0.15) is 0 Å². The highest BCUT2D eigenvalue weighted by Gasteiger charge is 2.17. The average molecular weight is 358 g/mol. The normalized spacial score (nSPS) is 14.5. The Morgan fingerprint density at radius 2 is 1.96 bits per heavy atom. The number of rotatable bonds is 7. The third-order valence-corrected chi connectivity index (χ3v) is 4.59. The summed E-state index contributed by atoms with van der Waals surface area (Å²) in [6.07, 6.45) is 4.37. The van der Waals surface area contributed by atoms with Crippen LogP contribution in [0.4, 0.5) is 5.69 Å². The summed E-state index contributed by atoms with van der Waals surface area (Å²) in [6.45, 7) is 3.01. The molecule has 1 aliphatic heterocycles. The summed E-state index contributed by atoms with van der Waals surface area (Å²) in [5.74, 6) is 0.956. The number of ether oxygens (including phenoxy) is 1. The van der Waals surface area contributed by atoms with E-state index in [2.05, 4.69) is 15.0 Å². The second kappa shape index (κ2) is 8.80. The lowest BCUT2D eigenvalue weighted by Gasteiger charge is -2.29. The number of benzene rings is 1. The predicted molar refractivity (Wildman–Crippen MR) is 98.2 cm³/mol. The van der Waals surface area contributed by atoms with Crippen LogP contribution >= 0.6 is 0 Å². The maximum atomic E-state index is 12.6. The second-order valence-electron chi connectivity index (χ2n) is 6.60. The molecule has 0 aliphatic carbocycles. The van der Waals surface area contributed by atoms with Crippen molar-refractivity contribution in [3.63, 3.8) is 0 Å². The molecule has 7 nitrogen and oxygen atoms in total. The van der Waals surface area contributed by atoms with Gasteiger partial charge < -0.3 is 19.1 Å². The van der Waals surface area contributed by atoms with Gasteiger partial charge >= 0.3 is 0 Å². The summed E-state index contributed by atoms with van der Waals surface area (Å²) < 4.78 is 10.2. The lowest BCUT2D eigenvalue weighted by atomic mass is 10.1. The number of aromatic nitrogens is 2. The fraction of sp³-hybridized carbons (Fsp3) is 0.526. The number of anilines is 1. The molecule has 140 valence electrons. The van der Waals surface area contributed by atoms with Gasteiger partial charge in [0, 0.05) is 44.9 Å². The van der Waals surface area contributed by atoms with Crippen molar-refractivity contribution in [1.29, 1.82) is 0 Å². The molecule has 2 aromatic rings. The van der Waals surface area contributed by atoms with E-state index in [9.17, 15) is 4.79 Å². The van der Waals surface area contributed by atoms with Gasteiger partial charge in [-0.3, -0.25) is 4.79 Å². The van der Waals surface area contributed by atoms with E-state index in [0.29, 0.717) is 30.3 Å². The van der Waals surface area contributed by atoms with Crippen LogP contribution in [0.15, 0.2) is 28.8 Å².